The van der Waals surface area contributed by atoms with Gasteiger partial charge in [0.15, 0.2) is 11.8 Å². The molecule has 1 saturated heterocycles. The zero-order valence-corrected chi connectivity index (χ0v) is 25.1. The molecular weight excluding hydrogens is 538 g/mol. The largest absolute Gasteiger partial charge is 0.369 e. The second-order valence-corrected chi connectivity index (χ2v) is 11.3. The summed E-state index contributed by atoms with van der Waals surface area (Å²) in [5.41, 5.74) is 10.8. The lowest BCUT2D eigenvalue weighted by Gasteiger charge is -2.35. The number of rotatable bonds is 8. The van der Waals surface area contributed by atoms with E-state index in [2.05, 4.69) is 45.4 Å². The minimum Gasteiger partial charge on any atom is -0.369 e. The second-order valence-electron chi connectivity index (χ2n) is 11.3. The molecule has 2 aliphatic heterocycles. The van der Waals surface area contributed by atoms with Crippen LogP contribution in [-0.2, 0) is 11.2 Å². The fraction of sp³-hybridized carbons (Fsp3) is 0.353. The van der Waals surface area contributed by atoms with E-state index in [9.17, 15) is 9.59 Å². The number of amides is 2. The zero-order valence-electron chi connectivity index (χ0n) is 25.1. The normalized spacial score (nSPS) is 16.5. The van der Waals surface area contributed by atoms with E-state index in [0.29, 0.717) is 30.9 Å². The van der Waals surface area contributed by atoms with Crippen LogP contribution >= 0.6 is 0 Å². The molecule has 5 rings (SSSR count). The number of benzene rings is 2. The van der Waals surface area contributed by atoms with E-state index < -0.39 is 0 Å². The van der Waals surface area contributed by atoms with Crippen molar-refractivity contribution >= 4 is 34.9 Å². The highest BCUT2D eigenvalue weighted by Crippen LogP contribution is 2.29. The quantitative estimate of drug-likeness (QED) is 0.300. The Balaban J connectivity index is 1.18. The first kappa shape index (κ1) is 30.0. The van der Waals surface area contributed by atoms with E-state index in [0.717, 1.165) is 55.6 Å². The summed E-state index contributed by atoms with van der Waals surface area (Å²) in [5, 5.41) is 3.12. The lowest BCUT2D eigenvalue weighted by atomic mass is 9.99. The van der Waals surface area contributed by atoms with Gasteiger partial charge in [-0.1, -0.05) is 36.4 Å². The molecule has 0 bridgehead atoms. The Morgan fingerprint density at radius 2 is 1.77 bits per heavy atom. The first-order valence-electron chi connectivity index (χ1n) is 15.0. The topological polar surface area (TPSA) is 107 Å². The number of carbonyl (C=O) groups is 2. The molecule has 224 valence electrons. The summed E-state index contributed by atoms with van der Waals surface area (Å²) in [5.74, 6) is 0.919. The molecule has 0 radical (unpaired) electrons. The van der Waals surface area contributed by atoms with Crippen LogP contribution in [0, 0.1) is 0 Å². The predicted molar refractivity (Wildman–Crippen MR) is 172 cm³/mol. The van der Waals surface area contributed by atoms with E-state index in [1.807, 2.05) is 71.4 Å². The Morgan fingerprint density at radius 1 is 1.02 bits per heavy atom. The van der Waals surface area contributed by atoms with Crippen molar-refractivity contribution in [1.82, 2.24) is 19.7 Å². The highest BCUT2D eigenvalue weighted by Gasteiger charge is 2.25. The Bertz CT molecular complexity index is 1460. The number of aromatic nitrogens is 1. The van der Waals surface area contributed by atoms with Gasteiger partial charge in [0.2, 0.25) is 5.91 Å². The summed E-state index contributed by atoms with van der Waals surface area (Å²) in [6.45, 7) is 3.23. The lowest BCUT2D eigenvalue weighted by molar-refractivity contribution is -0.130. The third-order valence-electron chi connectivity index (χ3n) is 8.35. The highest BCUT2D eigenvalue weighted by molar-refractivity contribution is 5.97. The molecule has 0 spiro atoms. The second kappa shape index (κ2) is 14.1. The molecule has 1 aromatic heterocycles. The fourth-order valence-corrected chi connectivity index (χ4v) is 5.67. The Kier molecular flexibility index (Phi) is 9.84. The predicted octanol–water partition coefficient (Wildman–Crippen LogP) is 4.55. The average Bonchev–Trinajstić information content (AvgIpc) is 3.04. The van der Waals surface area contributed by atoms with E-state index in [-0.39, 0.29) is 23.8 Å². The minimum atomic E-state index is 0.0260. The third-order valence-corrected chi connectivity index (χ3v) is 8.35. The van der Waals surface area contributed by atoms with Gasteiger partial charge in [-0.05, 0) is 93.4 Å². The van der Waals surface area contributed by atoms with Crippen LogP contribution in [0.15, 0.2) is 84.0 Å². The number of nitrogens with zero attached hydrogens (tertiary/aromatic N) is 5. The number of carbonyl (C=O) groups excluding carboxylic acids is 2. The molecular formula is C34H41N7O2. The van der Waals surface area contributed by atoms with Gasteiger partial charge < -0.3 is 25.8 Å². The number of guanidine groups is 1. The van der Waals surface area contributed by atoms with Crippen LogP contribution in [0.4, 0.5) is 11.5 Å². The number of hydrogen-bond donors (Lipinski definition) is 2. The molecule has 0 atom stereocenters. The van der Waals surface area contributed by atoms with E-state index >= 15 is 0 Å². The van der Waals surface area contributed by atoms with Crippen LogP contribution in [0.3, 0.4) is 0 Å². The van der Waals surface area contributed by atoms with Gasteiger partial charge in [-0.15, -0.1) is 0 Å². The number of piperidine rings is 1. The fourth-order valence-electron chi connectivity index (χ4n) is 5.67. The molecule has 2 aromatic carbocycles. The number of aryl methyl sites for hydroxylation is 1. The molecule has 2 aliphatic rings. The number of hydrogen-bond acceptors (Lipinski definition) is 5. The molecule has 0 aliphatic carbocycles. The standard InChI is InChI=1S/C34H41N7O2/c1-39-21-18-29(19-22-39)40(2)33(43)27-11-13-28(14-12-27)37-34(35)38-32-30(9-6-20-36-32)26-16-23-41(24-17-26)31(42)15-10-25-7-4-3-5-8-25/h3-9,11-14,16,20,29H,10,15,17-19,21-24H2,1-2H3,(H3,35,36,37,38). The maximum absolute atomic E-state index is 13.0. The summed E-state index contributed by atoms with van der Waals surface area (Å²) in [4.78, 5) is 41.0. The number of aliphatic imine (C=N–C) groups is 1. The van der Waals surface area contributed by atoms with Gasteiger partial charge in [0.05, 0.1) is 0 Å². The van der Waals surface area contributed by atoms with Gasteiger partial charge in [-0.3, -0.25) is 9.59 Å². The molecule has 3 heterocycles. The Hall–Kier alpha value is -4.50. The average molecular weight is 580 g/mol. The number of nitrogens with two attached hydrogens (primary N) is 1. The maximum Gasteiger partial charge on any atom is 0.253 e. The van der Waals surface area contributed by atoms with Gasteiger partial charge in [0, 0.05) is 55.6 Å². The molecule has 2 amide bonds. The highest BCUT2D eigenvalue weighted by atomic mass is 16.2. The maximum atomic E-state index is 13.0. The van der Waals surface area contributed by atoms with E-state index in [4.69, 9.17) is 5.73 Å². The number of pyridine rings is 1. The van der Waals surface area contributed by atoms with Crippen LogP contribution in [0.2, 0.25) is 0 Å². The van der Waals surface area contributed by atoms with Crippen LogP contribution < -0.4 is 11.1 Å². The van der Waals surface area contributed by atoms with Crippen molar-refractivity contribution in [2.45, 2.75) is 38.1 Å². The summed E-state index contributed by atoms with van der Waals surface area (Å²) in [7, 11) is 4.01. The van der Waals surface area contributed by atoms with Crippen LogP contribution in [0.1, 0.15) is 47.2 Å². The van der Waals surface area contributed by atoms with Crippen molar-refractivity contribution in [3.63, 3.8) is 0 Å². The third kappa shape index (κ3) is 7.87. The van der Waals surface area contributed by atoms with Crippen molar-refractivity contribution in [3.05, 3.63) is 95.7 Å². The minimum absolute atomic E-state index is 0.0260. The molecule has 9 heteroatoms. The van der Waals surface area contributed by atoms with Gasteiger partial charge in [0.1, 0.15) is 0 Å². The van der Waals surface area contributed by atoms with Gasteiger partial charge in [-0.25, -0.2) is 4.98 Å². The molecule has 3 N–H and O–H groups in total. The zero-order chi connectivity index (χ0) is 30.2. The number of anilines is 1. The van der Waals surface area contributed by atoms with Gasteiger partial charge >= 0.3 is 0 Å². The first-order valence-corrected chi connectivity index (χ1v) is 15.0. The van der Waals surface area contributed by atoms with Crippen molar-refractivity contribution < 1.29 is 9.59 Å². The first-order chi connectivity index (χ1) is 20.9. The van der Waals surface area contributed by atoms with Crippen LogP contribution in [-0.4, -0.2) is 83.8 Å². The molecule has 3 aromatic rings. The van der Waals surface area contributed by atoms with Gasteiger partial charge in [-0.2, -0.15) is 4.99 Å². The van der Waals surface area contributed by atoms with Crippen molar-refractivity contribution in [3.8, 4) is 0 Å². The monoisotopic (exact) mass is 579 g/mol. The smallest absolute Gasteiger partial charge is 0.253 e. The SMILES string of the molecule is CN1CCC(N(C)C(=O)c2ccc(NC(N)=Nc3ncccc3C3=CCN(C(=O)CCc4ccccc4)CC3)cc2)CC1. The molecule has 1 fully saturated rings. The number of likely N-dealkylation sites (tertiary alicyclic amines) is 1. The molecule has 0 unspecified atom stereocenters. The van der Waals surface area contributed by atoms with E-state index in [1.165, 1.54) is 5.56 Å². The Labute approximate surface area is 254 Å². The van der Waals surface area contributed by atoms with Crippen molar-refractivity contribution in [2.24, 2.45) is 10.7 Å². The van der Waals surface area contributed by atoms with Crippen molar-refractivity contribution in [2.75, 3.05) is 45.6 Å². The summed E-state index contributed by atoms with van der Waals surface area (Å²) in [6, 6.07) is 21.5. The summed E-state index contributed by atoms with van der Waals surface area (Å²) >= 11 is 0. The van der Waals surface area contributed by atoms with Gasteiger partial charge in [0.25, 0.3) is 5.91 Å². The Morgan fingerprint density at radius 3 is 2.47 bits per heavy atom. The van der Waals surface area contributed by atoms with Crippen LogP contribution in [0.5, 0.6) is 0 Å². The molecule has 0 saturated carbocycles. The number of nitrogens with one attached hydrogen (secondary N) is 1. The van der Waals surface area contributed by atoms with Crippen LogP contribution in [0.25, 0.3) is 5.57 Å². The summed E-state index contributed by atoms with van der Waals surface area (Å²) in [6.07, 6.45) is 7.73. The lowest BCUT2D eigenvalue weighted by Crippen LogP contribution is -2.44. The van der Waals surface area contributed by atoms with Crippen molar-refractivity contribution in [1.29, 1.82) is 0 Å². The molecule has 9 nitrogen and oxygen atoms in total. The van der Waals surface area contributed by atoms with E-state index in [1.54, 1.807) is 6.20 Å². The molecule has 43 heavy (non-hydrogen) atoms. The summed E-state index contributed by atoms with van der Waals surface area (Å²) < 4.78 is 0.